The van der Waals surface area contributed by atoms with Crippen molar-refractivity contribution in [1.82, 2.24) is 0 Å². The first-order chi connectivity index (χ1) is 8.79. The molecule has 94 valence electrons. The van der Waals surface area contributed by atoms with Crippen LogP contribution in [0.25, 0.3) is 0 Å². The molecule has 1 saturated carbocycles. The Balaban J connectivity index is 1.90. The molecule has 0 saturated heterocycles. The van der Waals surface area contributed by atoms with Gasteiger partial charge in [-0.05, 0) is 53.9 Å². The minimum absolute atomic E-state index is 0.771. The van der Waals surface area contributed by atoms with Crippen molar-refractivity contribution in [2.75, 3.05) is 0 Å². The van der Waals surface area contributed by atoms with Crippen LogP contribution in [0.2, 0.25) is 0 Å². The summed E-state index contributed by atoms with van der Waals surface area (Å²) in [7, 11) is 0. The summed E-state index contributed by atoms with van der Waals surface area (Å²) in [6.07, 6.45) is 17.0. The van der Waals surface area contributed by atoms with Crippen LogP contribution in [0.15, 0.2) is 47.6 Å². The fourth-order valence-electron chi connectivity index (χ4n) is 5.14. The summed E-state index contributed by atoms with van der Waals surface area (Å²) in [5.41, 5.74) is 3.53. The predicted octanol–water partition coefficient (Wildman–Crippen LogP) is 4.52. The lowest BCUT2D eigenvalue weighted by Gasteiger charge is -2.57. The summed E-state index contributed by atoms with van der Waals surface area (Å²) in [6.45, 7) is 4.98. The van der Waals surface area contributed by atoms with Gasteiger partial charge in [0.1, 0.15) is 0 Å². The molecule has 0 heteroatoms. The lowest BCUT2D eigenvalue weighted by molar-refractivity contribution is 0.0516. The Hall–Kier alpha value is -1.04. The van der Waals surface area contributed by atoms with Crippen molar-refractivity contribution in [3.8, 4) is 0 Å². The zero-order valence-electron chi connectivity index (χ0n) is 11.3. The lowest BCUT2D eigenvalue weighted by atomic mass is 9.47. The molecule has 5 aliphatic rings. The molecule has 18 heavy (non-hydrogen) atoms. The third kappa shape index (κ3) is 1.22. The number of fused-ring (bicyclic) bond motifs is 1. The molecule has 2 bridgehead atoms. The van der Waals surface area contributed by atoms with Gasteiger partial charge in [-0.2, -0.15) is 0 Å². The second-order valence-corrected chi connectivity index (χ2v) is 6.62. The highest BCUT2D eigenvalue weighted by molar-refractivity contribution is 5.43. The van der Waals surface area contributed by atoms with Crippen molar-refractivity contribution >= 4 is 0 Å². The summed E-state index contributed by atoms with van der Waals surface area (Å²) < 4.78 is 0. The molecule has 0 spiro atoms. The molecule has 0 N–H and O–H groups in total. The van der Waals surface area contributed by atoms with Gasteiger partial charge in [0.25, 0.3) is 0 Å². The Morgan fingerprint density at radius 3 is 2.39 bits per heavy atom. The van der Waals surface area contributed by atoms with Crippen LogP contribution in [0.4, 0.5) is 0 Å². The highest BCUT2D eigenvalue weighted by Gasteiger charge is 2.52. The van der Waals surface area contributed by atoms with Gasteiger partial charge in [0.05, 0.1) is 0 Å². The van der Waals surface area contributed by atoms with E-state index in [4.69, 9.17) is 0 Å². The van der Waals surface area contributed by atoms with E-state index in [9.17, 15) is 0 Å². The molecular formula is C18H22. The molecule has 0 aromatic heterocycles. The Morgan fingerprint density at radius 1 is 0.944 bits per heavy atom. The molecule has 6 unspecified atom stereocenters. The standard InChI is InChI=1S/C18H22/c1-11-12(2)18-15-9-5-3-7-13(15)17(11)14-8-4-6-10-16(14)18/h3-5,7-9,11-13,15,17-18H,6,10H2,1-2H3. The molecule has 5 rings (SSSR count). The van der Waals surface area contributed by atoms with E-state index in [1.54, 1.807) is 5.57 Å². The van der Waals surface area contributed by atoms with Gasteiger partial charge in [-0.25, -0.2) is 0 Å². The molecule has 1 fully saturated rings. The Kier molecular flexibility index (Phi) is 2.24. The lowest BCUT2D eigenvalue weighted by Crippen LogP contribution is -2.50. The fourth-order valence-corrected chi connectivity index (χ4v) is 5.14. The van der Waals surface area contributed by atoms with Crippen molar-refractivity contribution < 1.29 is 0 Å². The Labute approximate surface area is 110 Å². The van der Waals surface area contributed by atoms with Crippen molar-refractivity contribution in [3.05, 3.63) is 47.6 Å². The fraction of sp³-hybridized carbons (Fsp3) is 0.556. The van der Waals surface area contributed by atoms with Gasteiger partial charge >= 0.3 is 0 Å². The van der Waals surface area contributed by atoms with Crippen LogP contribution in [-0.2, 0) is 0 Å². The molecule has 0 aromatic rings. The van der Waals surface area contributed by atoms with E-state index in [-0.39, 0.29) is 0 Å². The second-order valence-electron chi connectivity index (χ2n) is 6.62. The zero-order valence-corrected chi connectivity index (χ0v) is 11.3. The van der Waals surface area contributed by atoms with Gasteiger partial charge in [-0.1, -0.05) is 55.9 Å². The van der Waals surface area contributed by atoms with Crippen LogP contribution in [0, 0.1) is 35.5 Å². The van der Waals surface area contributed by atoms with Crippen LogP contribution in [-0.4, -0.2) is 0 Å². The number of hydrogen-bond donors (Lipinski definition) is 0. The predicted molar refractivity (Wildman–Crippen MR) is 76.0 cm³/mol. The number of allylic oxidation sites excluding steroid dienone is 8. The highest BCUT2D eigenvalue weighted by Crippen LogP contribution is 2.60. The van der Waals surface area contributed by atoms with Crippen molar-refractivity contribution in [2.45, 2.75) is 26.7 Å². The SMILES string of the molecule is CC1C(C)C2C3=C(C=CCC3)C1C1C=CC=CC12. The quantitative estimate of drug-likeness (QED) is 0.582. The Morgan fingerprint density at radius 2 is 1.61 bits per heavy atom. The van der Waals surface area contributed by atoms with Gasteiger partial charge in [0, 0.05) is 0 Å². The van der Waals surface area contributed by atoms with Crippen LogP contribution < -0.4 is 0 Å². The average Bonchev–Trinajstić information content (AvgIpc) is 2.42. The second kappa shape index (κ2) is 3.73. The van der Waals surface area contributed by atoms with Crippen molar-refractivity contribution in [1.29, 1.82) is 0 Å². The smallest absolute Gasteiger partial charge is 0.00650 e. The van der Waals surface area contributed by atoms with E-state index in [1.807, 2.05) is 5.57 Å². The Bertz CT molecular complexity index is 488. The van der Waals surface area contributed by atoms with Crippen LogP contribution in [0.3, 0.4) is 0 Å². The maximum atomic E-state index is 2.49. The normalized spacial score (nSPS) is 48.3. The van der Waals surface area contributed by atoms with E-state index in [1.165, 1.54) is 12.8 Å². The van der Waals surface area contributed by atoms with Gasteiger partial charge in [0.2, 0.25) is 0 Å². The molecule has 0 nitrogen and oxygen atoms in total. The van der Waals surface area contributed by atoms with Crippen LogP contribution >= 0.6 is 0 Å². The monoisotopic (exact) mass is 238 g/mol. The number of hydrogen-bond acceptors (Lipinski definition) is 0. The molecule has 0 aromatic carbocycles. The summed E-state index contributed by atoms with van der Waals surface area (Å²) in [5, 5.41) is 0. The first-order valence-corrected chi connectivity index (χ1v) is 7.53. The minimum Gasteiger partial charge on any atom is -0.0839 e. The first-order valence-electron chi connectivity index (χ1n) is 7.53. The molecule has 5 aliphatic carbocycles. The highest BCUT2D eigenvalue weighted by atomic mass is 14.6. The summed E-state index contributed by atoms with van der Waals surface area (Å²) in [6, 6.07) is 0. The number of rotatable bonds is 0. The van der Waals surface area contributed by atoms with E-state index >= 15 is 0 Å². The molecule has 0 amide bonds. The van der Waals surface area contributed by atoms with Gasteiger partial charge < -0.3 is 0 Å². The maximum Gasteiger partial charge on any atom is -0.00650 e. The van der Waals surface area contributed by atoms with Gasteiger partial charge in [-0.15, -0.1) is 0 Å². The largest absolute Gasteiger partial charge is 0.0839 e. The van der Waals surface area contributed by atoms with E-state index in [0.29, 0.717) is 0 Å². The molecular weight excluding hydrogens is 216 g/mol. The zero-order chi connectivity index (χ0) is 12.3. The van der Waals surface area contributed by atoms with Crippen molar-refractivity contribution in [2.24, 2.45) is 35.5 Å². The topological polar surface area (TPSA) is 0 Å². The minimum atomic E-state index is 0.771. The van der Waals surface area contributed by atoms with Gasteiger partial charge in [0.15, 0.2) is 0 Å². The summed E-state index contributed by atoms with van der Waals surface area (Å²) in [4.78, 5) is 0. The van der Waals surface area contributed by atoms with E-state index in [2.05, 4.69) is 50.3 Å². The van der Waals surface area contributed by atoms with E-state index in [0.717, 1.165) is 35.5 Å². The average molecular weight is 238 g/mol. The van der Waals surface area contributed by atoms with E-state index < -0.39 is 0 Å². The molecule has 0 radical (unpaired) electrons. The molecule has 6 atom stereocenters. The summed E-state index contributed by atoms with van der Waals surface area (Å²) >= 11 is 0. The summed E-state index contributed by atoms with van der Waals surface area (Å²) in [5.74, 6) is 4.86. The third-order valence-corrected chi connectivity index (χ3v) is 6.02. The third-order valence-electron chi connectivity index (χ3n) is 6.02. The van der Waals surface area contributed by atoms with Gasteiger partial charge in [-0.3, -0.25) is 0 Å². The first kappa shape index (κ1) is 10.8. The van der Waals surface area contributed by atoms with Crippen LogP contribution in [0.1, 0.15) is 26.7 Å². The maximum absolute atomic E-state index is 2.49. The van der Waals surface area contributed by atoms with Crippen LogP contribution in [0.5, 0.6) is 0 Å². The molecule has 0 heterocycles. The molecule has 0 aliphatic heterocycles. The van der Waals surface area contributed by atoms with Crippen molar-refractivity contribution in [3.63, 3.8) is 0 Å².